The van der Waals surface area contributed by atoms with Gasteiger partial charge in [-0.1, -0.05) is 67.5 Å². The summed E-state index contributed by atoms with van der Waals surface area (Å²) in [6.45, 7) is 12.3. The van der Waals surface area contributed by atoms with Crippen molar-refractivity contribution in [3.05, 3.63) is 90.5 Å². The number of rotatable bonds is 18. The Labute approximate surface area is 295 Å². The lowest BCUT2D eigenvalue weighted by molar-refractivity contribution is -0.160. The molecule has 3 amide bonds. The molecule has 2 N–H and O–H groups in total. The summed E-state index contributed by atoms with van der Waals surface area (Å²) in [5, 5.41) is 12.1. The van der Waals surface area contributed by atoms with Crippen LogP contribution in [0.4, 0.5) is 5.69 Å². The minimum Gasteiger partial charge on any atom is -0.455 e. The number of nitrogens with zero attached hydrogens (tertiary/aromatic N) is 2. The number of carbonyl (C=O) groups is 4. The average molecular weight is 686 g/mol. The van der Waals surface area contributed by atoms with E-state index in [1.165, 1.54) is 0 Å². The molecule has 3 aliphatic rings. The highest BCUT2D eigenvalue weighted by atomic mass is 16.6. The molecule has 10 nitrogen and oxygen atoms in total. The molecule has 0 radical (unpaired) electrons. The van der Waals surface area contributed by atoms with Gasteiger partial charge < -0.3 is 29.7 Å². The van der Waals surface area contributed by atoms with E-state index in [0.29, 0.717) is 44.2 Å². The van der Waals surface area contributed by atoms with Crippen LogP contribution in [0.1, 0.15) is 74.2 Å². The lowest BCUT2D eigenvalue weighted by atomic mass is 9.70. The molecule has 0 aliphatic carbocycles. The third-order valence-corrected chi connectivity index (χ3v) is 10.3. The first kappa shape index (κ1) is 37.0. The zero-order valence-electron chi connectivity index (χ0n) is 29.4. The Kier molecular flexibility index (Phi) is 12.3. The Morgan fingerprint density at radius 3 is 2.58 bits per heavy atom. The molecule has 0 aromatic heterocycles. The number of aliphatic hydroxyl groups is 1. The fourth-order valence-corrected chi connectivity index (χ4v) is 7.92. The number of hydrogen-bond donors (Lipinski definition) is 2. The Morgan fingerprint density at radius 2 is 1.86 bits per heavy atom. The molecule has 5 rings (SSSR count). The zero-order valence-corrected chi connectivity index (χ0v) is 29.4. The molecule has 10 heteroatoms. The maximum atomic E-state index is 14.9. The smallest absolute Gasteiger partial charge is 0.313 e. The second kappa shape index (κ2) is 16.6. The minimum atomic E-state index is -1.19. The summed E-state index contributed by atoms with van der Waals surface area (Å²) < 4.78 is 12.9. The standard InChI is InChI=1S/C40H51N3O7/c1-5-7-17-33(45)41-26-32(29-15-11-10-12-16-29)49-39(48)34-31-20-21-40(50-31)35(34)37(46)43(23-13-8-9-14-24-44)36(40)38(47)42(22-6-2)30-25-27(3)18-19-28(30)4/h5-6,10-12,15-16,18-19,25,31-32,34-36,44H,1-2,7-9,13-14,17,20-24,26H2,3-4H3,(H,41,45)/t31-,32+,34+,35+,36-,40+/m0/s1. The second-order valence-corrected chi connectivity index (χ2v) is 13.7. The Hall–Kier alpha value is -4.28. The van der Waals surface area contributed by atoms with Crippen LogP contribution in [-0.4, -0.2) is 77.7 Å². The zero-order chi connectivity index (χ0) is 35.8. The highest BCUT2D eigenvalue weighted by Gasteiger charge is 2.75. The molecule has 2 aromatic carbocycles. The van der Waals surface area contributed by atoms with Crippen molar-refractivity contribution < 1.29 is 33.8 Å². The lowest BCUT2D eigenvalue weighted by Crippen LogP contribution is -2.56. The van der Waals surface area contributed by atoms with E-state index in [2.05, 4.69) is 18.5 Å². The van der Waals surface area contributed by atoms with Gasteiger partial charge in [0.15, 0.2) is 0 Å². The highest BCUT2D eigenvalue weighted by molar-refractivity contribution is 6.05. The number of amides is 3. The maximum Gasteiger partial charge on any atom is 0.313 e. The summed E-state index contributed by atoms with van der Waals surface area (Å²) in [4.78, 5) is 59.5. The first-order valence-corrected chi connectivity index (χ1v) is 17.9. The molecule has 3 heterocycles. The summed E-state index contributed by atoms with van der Waals surface area (Å²) >= 11 is 0. The Bertz CT molecular complexity index is 1560. The molecular formula is C40H51N3O7. The molecule has 268 valence electrons. The van der Waals surface area contributed by atoms with Gasteiger partial charge >= 0.3 is 5.97 Å². The molecule has 3 fully saturated rings. The van der Waals surface area contributed by atoms with Gasteiger partial charge in [-0.3, -0.25) is 19.2 Å². The van der Waals surface area contributed by atoms with E-state index in [1.54, 1.807) is 22.0 Å². The average Bonchev–Trinajstić information content (AvgIpc) is 3.76. The maximum absolute atomic E-state index is 14.9. The van der Waals surface area contributed by atoms with Crippen molar-refractivity contribution in [2.24, 2.45) is 11.8 Å². The summed E-state index contributed by atoms with van der Waals surface area (Å²) in [5.74, 6) is -3.08. The number of carbonyl (C=O) groups excluding carboxylic acids is 4. The Morgan fingerprint density at radius 1 is 1.10 bits per heavy atom. The molecule has 0 unspecified atom stereocenters. The summed E-state index contributed by atoms with van der Waals surface area (Å²) in [6, 6.07) is 14.2. The van der Waals surface area contributed by atoms with Crippen LogP contribution in [0.3, 0.4) is 0 Å². The number of benzene rings is 2. The molecule has 6 atom stereocenters. The van der Waals surface area contributed by atoms with Gasteiger partial charge in [0.2, 0.25) is 11.8 Å². The van der Waals surface area contributed by atoms with E-state index in [0.717, 1.165) is 29.7 Å². The van der Waals surface area contributed by atoms with Gasteiger partial charge in [-0.2, -0.15) is 0 Å². The topological polar surface area (TPSA) is 125 Å². The van der Waals surface area contributed by atoms with E-state index in [9.17, 15) is 24.3 Å². The number of unbranched alkanes of at least 4 members (excludes halogenated alkanes) is 3. The fourth-order valence-electron chi connectivity index (χ4n) is 7.92. The SMILES string of the molecule is C=CCCC(=O)NC[C@@H](OC(=O)[C@@H]1[C@@H]2CC[C@]3(O2)[C@H](C(=O)N(CC=C)c2cc(C)ccc2C)N(CCCCCCO)C(=O)[C@@H]13)c1ccccc1. The van der Waals surface area contributed by atoms with E-state index >= 15 is 0 Å². The number of aryl methyl sites for hydroxylation is 2. The van der Waals surface area contributed by atoms with Crippen molar-refractivity contribution in [3.63, 3.8) is 0 Å². The van der Waals surface area contributed by atoms with Crippen LogP contribution in [-0.2, 0) is 28.7 Å². The number of aliphatic hydroxyl groups excluding tert-OH is 1. The number of anilines is 1. The normalized spacial score (nSPS) is 24.1. The van der Waals surface area contributed by atoms with Gasteiger partial charge in [0.25, 0.3) is 5.91 Å². The van der Waals surface area contributed by atoms with Crippen LogP contribution in [0, 0.1) is 25.7 Å². The quantitative estimate of drug-likeness (QED) is 0.127. The van der Waals surface area contributed by atoms with E-state index in [4.69, 9.17) is 9.47 Å². The Balaban J connectivity index is 1.46. The minimum absolute atomic E-state index is 0.0706. The third-order valence-electron chi connectivity index (χ3n) is 10.3. The summed E-state index contributed by atoms with van der Waals surface area (Å²) in [5.41, 5.74) is 2.19. The largest absolute Gasteiger partial charge is 0.455 e. The number of nitrogens with one attached hydrogen (secondary N) is 1. The molecule has 50 heavy (non-hydrogen) atoms. The molecular weight excluding hydrogens is 634 g/mol. The number of fused-ring (bicyclic) bond motifs is 1. The van der Waals surface area contributed by atoms with Gasteiger partial charge in [-0.15, -0.1) is 13.2 Å². The van der Waals surface area contributed by atoms with Crippen molar-refractivity contribution in [2.45, 2.75) is 89.1 Å². The molecule has 3 saturated heterocycles. The third kappa shape index (κ3) is 7.56. The summed E-state index contributed by atoms with van der Waals surface area (Å²) in [6.07, 6.45) is 6.65. The van der Waals surface area contributed by atoms with Gasteiger partial charge in [0, 0.05) is 31.8 Å². The van der Waals surface area contributed by atoms with Crippen molar-refractivity contribution in [2.75, 3.05) is 31.1 Å². The fraction of sp³-hybridized carbons (Fsp3) is 0.500. The molecule has 2 aromatic rings. The number of ether oxygens (including phenoxy) is 2. The van der Waals surface area contributed by atoms with Gasteiger partial charge in [0.1, 0.15) is 17.7 Å². The lowest BCUT2D eigenvalue weighted by Gasteiger charge is -2.37. The van der Waals surface area contributed by atoms with Crippen LogP contribution >= 0.6 is 0 Å². The molecule has 1 spiro atoms. The summed E-state index contributed by atoms with van der Waals surface area (Å²) in [7, 11) is 0. The number of esters is 1. The molecule has 0 saturated carbocycles. The number of allylic oxidation sites excluding steroid dienone is 1. The van der Waals surface area contributed by atoms with Crippen LogP contribution in [0.15, 0.2) is 73.8 Å². The monoisotopic (exact) mass is 685 g/mol. The van der Waals surface area contributed by atoms with Gasteiger partial charge in [0.05, 0.1) is 24.5 Å². The van der Waals surface area contributed by atoms with E-state index in [1.807, 2.05) is 62.4 Å². The van der Waals surface area contributed by atoms with Crippen LogP contribution < -0.4 is 10.2 Å². The van der Waals surface area contributed by atoms with Crippen molar-refractivity contribution >= 4 is 29.4 Å². The highest BCUT2D eigenvalue weighted by Crippen LogP contribution is 2.59. The van der Waals surface area contributed by atoms with Gasteiger partial charge in [-0.25, -0.2) is 0 Å². The van der Waals surface area contributed by atoms with Crippen molar-refractivity contribution in [3.8, 4) is 0 Å². The number of likely N-dealkylation sites (tertiary alicyclic amines) is 1. The first-order chi connectivity index (χ1) is 24.2. The number of hydrogen-bond acceptors (Lipinski definition) is 7. The van der Waals surface area contributed by atoms with Crippen LogP contribution in [0.25, 0.3) is 0 Å². The van der Waals surface area contributed by atoms with E-state index in [-0.39, 0.29) is 43.8 Å². The predicted octanol–water partition coefficient (Wildman–Crippen LogP) is 5.12. The molecule has 2 bridgehead atoms. The van der Waals surface area contributed by atoms with Crippen LogP contribution in [0.2, 0.25) is 0 Å². The second-order valence-electron chi connectivity index (χ2n) is 13.7. The van der Waals surface area contributed by atoms with Crippen molar-refractivity contribution in [1.82, 2.24) is 10.2 Å². The van der Waals surface area contributed by atoms with Crippen LogP contribution in [0.5, 0.6) is 0 Å². The van der Waals surface area contributed by atoms with E-state index < -0.39 is 41.7 Å². The predicted molar refractivity (Wildman–Crippen MR) is 191 cm³/mol. The molecule has 3 aliphatic heterocycles. The van der Waals surface area contributed by atoms with Crippen molar-refractivity contribution in [1.29, 1.82) is 0 Å². The first-order valence-electron chi connectivity index (χ1n) is 17.9. The van der Waals surface area contributed by atoms with Gasteiger partial charge in [-0.05, 0) is 68.7 Å².